The summed E-state index contributed by atoms with van der Waals surface area (Å²) < 4.78 is 6.34. The second kappa shape index (κ2) is 6.56. The fourth-order valence-corrected chi connectivity index (χ4v) is 2.98. The van der Waals surface area contributed by atoms with Gasteiger partial charge in [-0.25, -0.2) is 14.6 Å². The van der Waals surface area contributed by atoms with Gasteiger partial charge in [0, 0.05) is 11.9 Å². The number of amides is 2. The second-order valence-electron chi connectivity index (χ2n) is 5.34. The number of fused-ring (bicyclic) bond motifs is 1. The van der Waals surface area contributed by atoms with E-state index in [2.05, 4.69) is 15.6 Å². The number of carbonyl (C=O) groups is 2. The fourth-order valence-electron chi connectivity index (χ4n) is 2.71. The highest BCUT2D eigenvalue weighted by Gasteiger charge is 2.35. The molecule has 0 saturated heterocycles. The minimum absolute atomic E-state index is 0.00243. The number of carbonyl (C=O) groups excluding carboxylic acids is 2. The highest BCUT2D eigenvalue weighted by molar-refractivity contribution is 6.30. The molecule has 2 aromatic heterocycles. The van der Waals surface area contributed by atoms with Gasteiger partial charge in [0.25, 0.3) is 5.56 Å². The first-order valence-corrected chi connectivity index (χ1v) is 7.94. The number of rotatable bonds is 3. The molecule has 0 saturated carbocycles. The Balaban J connectivity index is 2.24. The van der Waals surface area contributed by atoms with Gasteiger partial charge in [-0.2, -0.15) is 0 Å². The quantitative estimate of drug-likeness (QED) is 0.637. The lowest BCUT2D eigenvalue weighted by Gasteiger charge is -2.27. The molecule has 25 heavy (non-hydrogen) atoms. The van der Waals surface area contributed by atoms with Crippen LogP contribution in [0, 0.1) is 0 Å². The maximum Gasteiger partial charge on any atom is 0.338 e. The molecule has 0 aliphatic carbocycles. The first-order chi connectivity index (χ1) is 11.9. The largest absolute Gasteiger partial charge is 0.463 e. The van der Waals surface area contributed by atoms with Crippen molar-refractivity contribution < 1.29 is 14.3 Å². The first kappa shape index (κ1) is 17.0. The van der Waals surface area contributed by atoms with Gasteiger partial charge in [-0.3, -0.25) is 9.20 Å². The van der Waals surface area contributed by atoms with Crippen molar-refractivity contribution in [1.82, 2.24) is 20.0 Å². The first-order valence-electron chi connectivity index (χ1n) is 7.56. The fraction of sp³-hybridized carbons (Fsp3) is 0.250. The smallest absolute Gasteiger partial charge is 0.338 e. The number of esters is 1. The van der Waals surface area contributed by atoms with Crippen molar-refractivity contribution in [3.05, 3.63) is 56.7 Å². The highest BCUT2D eigenvalue weighted by Crippen LogP contribution is 2.29. The van der Waals surface area contributed by atoms with E-state index in [-0.39, 0.29) is 22.9 Å². The van der Waals surface area contributed by atoms with E-state index in [0.29, 0.717) is 11.3 Å². The maximum atomic E-state index is 12.9. The van der Waals surface area contributed by atoms with Crippen LogP contribution in [0.4, 0.5) is 4.79 Å². The van der Waals surface area contributed by atoms with Gasteiger partial charge < -0.3 is 15.4 Å². The van der Waals surface area contributed by atoms with Crippen LogP contribution in [0.25, 0.3) is 5.65 Å². The molecule has 8 nitrogen and oxygen atoms in total. The predicted octanol–water partition coefficient (Wildman–Crippen LogP) is 1.54. The molecule has 3 heterocycles. The zero-order chi connectivity index (χ0) is 18.1. The molecule has 1 atom stereocenters. The molecule has 2 amide bonds. The van der Waals surface area contributed by atoms with Crippen molar-refractivity contribution in [3.8, 4) is 0 Å². The average Bonchev–Trinajstić information content (AvgIpc) is 2.54. The molecule has 0 radical (unpaired) electrons. The summed E-state index contributed by atoms with van der Waals surface area (Å²) in [5.74, 6) is -0.647. The van der Waals surface area contributed by atoms with Gasteiger partial charge in [0.1, 0.15) is 10.8 Å². The Hall–Kier alpha value is -2.87. The summed E-state index contributed by atoms with van der Waals surface area (Å²) in [6, 6.07) is 3.41. The molecule has 0 unspecified atom stereocenters. The number of pyridine rings is 1. The van der Waals surface area contributed by atoms with Crippen molar-refractivity contribution in [1.29, 1.82) is 0 Å². The van der Waals surface area contributed by atoms with Crippen LogP contribution in [0.2, 0.25) is 5.15 Å². The number of nitrogens with one attached hydrogen (secondary N) is 2. The molecule has 0 aromatic carbocycles. The lowest BCUT2D eigenvalue weighted by Crippen LogP contribution is -2.47. The average molecular weight is 363 g/mol. The van der Waals surface area contributed by atoms with Gasteiger partial charge in [0.2, 0.25) is 0 Å². The summed E-state index contributed by atoms with van der Waals surface area (Å²) in [6.07, 6.45) is 1.54. The molecular weight excluding hydrogens is 348 g/mol. The van der Waals surface area contributed by atoms with Crippen molar-refractivity contribution in [2.75, 3.05) is 6.61 Å². The molecule has 2 N–H and O–H groups in total. The van der Waals surface area contributed by atoms with Crippen LogP contribution in [0.5, 0.6) is 0 Å². The summed E-state index contributed by atoms with van der Waals surface area (Å²) in [4.78, 5) is 41.3. The standard InChI is InChI=1S/C16H15ClN4O4/c1-3-25-15(23)10-8(2)18-16(24)20-12(10)11-13(17)19-9-6-4-5-7-21(9)14(11)22/h4-7,12H,3H2,1-2H3,(H2,18,20,24)/t12-/m0/s1. The van der Waals surface area contributed by atoms with Gasteiger partial charge in [0.15, 0.2) is 0 Å². The number of hydrogen-bond acceptors (Lipinski definition) is 5. The van der Waals surface area contributed by atoms with E-state index >= 15 is 0 Å². The van der Waals surface area contributed by atoms with Crippen LogP contribution in [0.1, 0.15) is 25.5 Å². The Morgan fingerprint density at radius 1 is 1.40 bits per heavy atom. The molecule has 0 spiro atoms. The van der Waals surface area contributed by atoms with E-state index < -0.39 is 23.6 Å². The van der Waals surface area contributed by atoms with Crippen LogP contribution in [0.15, 0.2) is 40.5 Å². The molecule has 1 aliphatic heterocycles. The highest BCUT2D eigenvalue weighted by atomic mass is 35.5. The van der Waals surface area contributed by atoms with Gasteiger partial charge in [0.05, 0.1) is 23.8 Å². The summed E-state index contributed by atoms with van der Waals surface area (Å²) in [5.41, 5.74) is 0.291. The number of aromatic nitrogens is 2. The van der Waals surface area contributed by atoms with Crippen LogP contribution < -0.4 is 16.2 Å². The van der Waals surface area contributed by atoms with Crippen LogP contribution in [0.3, 0.4) is 0 Å². The second-order valence-corrected chi connectivity index (χ2v) is 5.70. The zero-order valence-corrected chi connectivity index (χ0v) is 14.3. The van der Waals surface area contributed by atoms with Crippen LogP contribution in [-0.4, -0.2) is 28.0 Å². The molecule has 0 bridgehead atoms. The monoisotopic (exact) mass is 362 g/mol. The van der Waals surface area contributed by atoms with Crippen molar-refractivity contribution in [3.63, 3.8) is 0 Å². The Bertz CT molecular complexity index is 966. The topological polar surface area (TPSA) is 102 Å². The van der Waals surface area contributed by atoms with Gasteiger partial charge in [-0.1, -0.05) is 17.7 Å². The van der Waals surface area contributed by atoms with Crippen molar-refractivity contribution >= 4 is 29.2 Å². The molecule has 2 aromatic rings. The molecule has 130 valence electrons. The molecule has 1 aliphatic rings. The summed E-state index contributed by atoms with van der Waals surface area (Å²) in [5, 5.41) is 4.97. The third-order valence-corrected chi connectivity index (χ3v) is 4.06. The lowest BCUT2D eigenvalue weighted by atomic mass is 9.97. The Morgan fingerprint density at radius 2 is 2.16 bits per heavy atom. The lowest BCUT2D eigenvalue weighted by molar-refractivity contribution is -0.139. The molecule has 9 heteroatoms. The SMILES string of the molecule is CCOC(=O)C1=C(C)NC(=O)N[C@@H]1c1c(Cl)nc2ccccn2c1=O. The summed E-state index contributed by atoms with van der Waals surface area (Å²) >= 11 is 6.21. The Morgan fingerprint density at radius 3 is 2.88 bits per heavy atom. The van der Waals surface area contributed by atoms with Gasteiger partial charge in [-0.05, 0) is 26.0 Å². The number of ether oxygens (including phenoxy) is 1. The summed E-state index contributed by atoms with van der Waals surface area (Å²) in [7, 11) is 0. The maximum absolute atomic E-state index is 12.9. The number of hydrogen-bond donors (Lipinski definition) is 2. The number of allylic oxidation sites excluding steroid dienone is 1. The van der Waals surface area contributed by atoms with Gasteiger partial charge >= 0.3 is 12.0 Å². The van der Waals surface area contributed by atoms with Crippen molar-refractivity contribution in [2.24, 2.45) is 0 Å². The third kappa shape index (κ3) is 2.96. The van der Waals surface area contributed by atoms with E-state index in [9.17, 15) is 14.4 Å². The van der Waals surface area contributed by atoms with E-state index in [1.165, 1.54) is 10.6 Å². The number of halogens is 1. The van der Waals surface area contributed by atoms with Gasteiger partial charge in [-0.15, -0.1) is 0 Å². The number of nitrogens with zero attached hydrogens (tertiary/aromatic N) is 2. The minimum atomic E-state index is -1.06. The third-order valence-electron chi connectivity index (χ3n) is 3.78. The normalized spacial score (nSPS) is 17.2. The van der Waals surface area contributed by atoms with Crippen LogP contribution >= 0.6 is 11.6 Å². The Labute approximate surface area is 147 Å². The predicted molar refractivity (Wildman–Crippen MR) is 90.2 cm³/mol. The van der Waals surface area contributed by atoms with E-state index in [1.54, 1.807) is 32.0 Å². The molecular formula is C16H15ClN4O4. The van der Waals surface area contributed by atoms with E-state index in [4.69, 9.17) is 16.3 Å². The summed E-state index contributed by atoms with van der Waals surface area (Å²) in [6.45, 7) is 3.37. The minimum Gasteiger partial charge on any atom is -0.463 e. The van der Waals surface area contributed by atoms with E-state index in [1.807, 2.05) is 0 Å². The zero-order valence-electron chi connectivity index (χ0n) is 13.5. The van der Waals surface area contributed by atoms with Crippen LogP contribution in [-0.2, 0) is 9.53 Å². The Kier molecular flexibility index (Phi) is 4.45. The molecule has 0 fully saturated rings. The van der Waals surface area contributed by atoms with E-state index in [0.717, 1.165) is 0 Å². The number of urea groups is 1. The van der Waals surface area contributed by atoms with Crippen molar-refractivity contribution in [2.45, 2.75) is 19.9 Å². The molecule has 3 rings (SSSR count).